The summed E-state index contributed by atoms with van der Waals surface area (Å²) >= 11 is 0. The van der Waals surface area contributed by atoms with Crippen molar-refractivity contribution in [1.82, 2.24) is 19.6 Å². The minimum atomic E-state index is -0.263. The normalized spacial score (nSPS) is 20.9. The van der Waals surface area contributed by atoms with Crippen LogP contribution in [0, 0.1) is 5.92 Å². The molecule has 0 saturated carbocycles. The topological polar surface area (TPSA) is 75.9 Å². The second-order valence-corrected chi connectivity index (χ2v) is 7.56. The van der Waals surface area contributed by atoms with Gasteiger partial charge < -0.3 is 15.0 Å². The number of hydrogen-bond acceptors (Lipinski definition) is 4. The van der Waals surface area contributed by atoms with Gasteiger partial charge in [0.05, 0.1) is 11.6 Å². The molecule has 1 atom stereocenters. The molecule has 2 aromatic rings. The van der Waals surface area contributed by atoms with Crippen LogP contribution in [0.15, 0.2) is 24.4 Å². The van der Waals surface area contributed by atoms with Gasteiger partial charge in [-0.15, -0.1) is 0 Å². The van der Waals surface area contributed by atoms with Gasteiger partial charge in [-0.05, 0) is 43.7 Å². The summed E-state index contributed by atoms with van der Waals surface area (Å²) in [7, 11) is 0. The molecule has 144 valence electrons. The molecule has 2 aromatic heterocycles. The minimum absolute atomic E-state index is 0.0688. The van der Waals surface area contributed by atoms with Crippen LogP contribution in [0.2, 0.25) is 0 Å². The fraction of sp³-hybridized carbons (Fsp3) is 0.550. The molecule has 1 N–H and O–H groups in total. The Morgan fingerprint density at radius 3 is 2.81 bits per heavy atom. The smallest absolute Gasteiger partial charge is 0.290 e. The number of nitrogens with zero attached hydrogens (tertiary/aromatic N) is 3. The Labute approximate surface area is 158 Å². The molecule has 2 fully saturated rings. The van der Waals surface area contributed by atoms with Gasteiger partial charge in [0, 0.05) is 32.4 Å². The van der Waals surface area contributed by atoms with E-state index in [0.717, 1.165) is 45.4 Å². The van der Waals surface area contributed by atoms with Gasteiger partial charge in [0.2, 0.25) is 5.82 Å². The number of piperidine rings is 1. The van der Waals surface area contributed by atoms with Gasteiger partial charge in [0.15, 0.2) is 5.69 Å². The number of rotatable bonds is 4. The first-order chi connectivity index (χ1) is 13.1. The van der Waals surface area contributed by atoms with E-state index in [4.69, 9.17) is 4.74 Å². The summed E-state index contributed by atoms with van der Waals surface area (Å²) < 4.78 is 7.28. The summed E-state index contributed by atoms with van der Waals surface area (Å²) in [6.07, 6.45) is 5.86. The first-order valence-electron chi connectivity index (χ1n) is 9.79. The van der Waals surface area contributed by atoms with Gasteiger partial charge in [-0.2, -0.15) is 0 Å². The molecule has 27 heavy (non-hydrogen) atoms. The Kier molecular flexibility index (Phi) is 5.11. The zero-order chi connectivity index (χ0) is 18.8. The summed E-state index contributed by atoms with van der Waals surface area (Å²) in [5.74, 6) is 0.578. The maximum Gasteiger partial charge on any atom is 0.290 e. The summed E-state index contributed by atoms with van der Waals surface area (Å²) in [5.41, 5.74) is 0.943. The molecule has 2 aliphatic heterocycles. The Bertz CT molecular complexity index is 833. The molecule has 0 aliphatic carbocycles. The minimum Gasteiger partial charge on any atom is -0.376 e. The third-order valence-electron chi connectivity index (χ3n) is 5.54. The maximum atomic E-state index is 13.0. The molecule has 0 radical (unpaired) electrons. The van der Waals surface area contributed by atoms with Gasteiger partial charge in [-0.3, -0.25) is 14.0 Å². The summed E-state index contributed by atoms with van der Waals surface area (Å²) in [6.45, 7) is 4.91. The van der Waals surface area contributed by atoms with Gasteiger partial charge >= 0.3 is 0 Å². The third kappa shape index (κ3) is 3.69. The lowest BCUT2D eigenvalue weighted by Gasteiger charge is -2.29. The van der Waals surface area contributed by atoms with Crippen LogP contribution in [0.4, 0.5) is 0 Å². The highest BCUT2D eigenvalue weighted by Gasteiger charge is 2.27. The standard InChI is InChI=1S/C20H26N4O3/c1-14-7-10-23(11-8-14)20(26)18-22-17(16-6-2-3-9-24(16)18)19(25)21-13-15-5-4-12-27-15/h2-3,6,9,14-15H,4-5,7-8,10-13H2,1H3,(H,21,25). The number of pyridine rings is 1. The number of carbonyl (C=O) groups is 2. The van der Waals surface area contributed by atoms with E-state index in [-0.39, 0.29) is 17.9 Å². The number of carbonyl (C=O) groups excluding carboxylic acids is 2. The fourth-order valence-corrected chi connectivity index (χ4v) is 3.80. The molecule has 2 amide bonds. The summed E-state index contributed by atoms with van der Waals surface area (Å²) in [5, 5.41) is 2.91. The average Bonchev–Trinajstić information content (AvgIpc) is 3.34. The Balaban J connectivity index is 1.56. The number of aromatic nitrogens is 2. The van der Waals surface area contributed by atoms with Crippen LogP contribution in [-0.2, 0) is 4.74 Å². The highest BCUT2D eigenvalue weighted by molar-refractivity contribution is 6.02. The molecular weight excluding hydrogens is 344 g/mol. The van der Waals surface area contributed by atoms with Crippen molar-refractivity contribution in [2.24, 2.45) is 5.92 Å². The maximum absolute atomic E-state index is 13.0. The van der Waals surface area contributed by atoms with Crippen molar-refractivity contribution >= 4 is 17.3 Å². The third-order valence-corrected chi connectivity index (χ3v) is 5.54. The second-order valence-electron chi connectivity index (χ2n) is 7.56. The monoisotopic (exact) mass is 370 g/mol. The van der Waals surface area contributed by atoms with Crippen LogP contribution >= 0.6 is 0 Å². The number of amides is 2. The molecule has 7 nitrogen and oxygen atoms in total. The van der Waals surface area contributed by atoms with Crippen molar-refractivity contribution in [1.29, 1.82) is 0 Å². The van der Waals surface area contributed by atoms with Gasteiger partial charge in [-0.25, -0.2) is 4.98 Å². The lowest BCUT2D eigenvalue weighted by Crippen LogP contribution is -2.38. The molecule has 2 saturated heterocycles. The Morgan fingerprint density at radius 2 is 2.07 bits per heavy atom. The largest absolute Gasteiger partial charge is 0.376 e. The van der Waals surface area contributed by atoms with Crippen molar-refractivity contribution in [3.05, 3.63) is 35.9 Å². The van der Waals surface area contributed by atoms with Crippen molar-refractivity contribution in [2.45, 2.75) is 38.7 Å². The SMILES string of the molecule is CC1CCN(C(=O)c2nc(C(=O)NCC3CCCO3)c3ccccn23)CC1. The van der Waals surface area contributed by atoms with E-state index < -0.39 is 0 Å². The van der Waals surface area contributed by atoms with Gasteiger partial charge in [-0.1, -0.05) is 13.0 Å². The highest BCUT2D eigenvalue weighted by atomic mass is 16.5. The van der Waals surface area contributed by atoms with Gasteiger partial charge in [0.25, 0.3) is 11.8 Å². The number of likely N-dealkylation sites (tertiary alicyclic amines) is 1. The molecule has 7 heteroatoms. The van der Waals surface area contributed by atoms with Crippen LogP contribution in [0.3, 0.4) is 0 Å². The molecule has 1 unspecified atom stereocenters. The van der Waals surface area contributed by atoms with Crippen LogP contribution in [-0.4, -0.2) is 58.4 Å². The Hall–Kier alpha value is -2.41. The fourth-order valence-electron chi connectivity index (χ4n) is 3.80. The number of ether oxygens (including phenoxy) is 1. The van der Waals surface area contributed by atoms with Gasteiger partial charge in [0.1, 0.15) is 0 Å². The first kappa shape index (κ1) is 18.0. The number of hydrogen-bond donors (Lipinski definition) is 1. The molecule has 0 bridgehead atoms. The lowest BCUT2D eigenvalue weighted by atomic mass is 9.99. The van der Waals surface area contributed by atoms with Crippen molar-refractivity contribution in [3.8, 4) is 0 Å². The number of fused-ring (bicyclic) bond motifs is 1. The highest BCUT2D eigenvalue weighted by Crippen LogP contribution is 2.20. The quantitative estimate of drug-likeness (QED) is 0.894. The Morgan fingerprint density at radius 1 is 1.26 bits per heavy atom. The molecule has 4 rings (SSSR count). The van der Waals surface area contributed by atoms with E-state index in [1.807, 2.05) is 23.1 Å². The van der Waals surface area contributed by atoms with Crippen molar-refractivity contribution < 1.29 is 14.3 Å². The molecule has 4 heterocycles. The van der Waals surface area contributed by atoms with Crippen LogP contribution in [0.5, 0.6) is 0 Å². The first-order valence-corrected chi connectivity index (χ1v) is 9.79. The zero-order valence-corrected chi connectivity index (χ0v) is 15.7. The van der Waals surface area contributed by atoms with Crippen LogP contribution in [0.25, 0.3) is 5.52 Å². The predicted octanol–water partition coefficient (Wildman–Crippen LogP) is 2.12. The van der Waals surface area contributed by atoms with Crippen molar-refractivity contribution in [3.63, 3.8) is 0 Å². The number of nitrogens with one attached hydrogen (secondary N) is 1. The zero-order valence-electron chi connectivity index (χ0n) is 15.7. The van der Waals surface area contributed by atoms with Crippen molar-refractivity contribution in [2.75, 3.05) is 26.2 Å². The van der Waals surface area contributed by atoms with E-state index in [2.05, 4.69) is 17.2 Å². The molecular formula is C20H26N4O3. The molecule has 0 spiro atoms. The van der Waals surface area contributed by atoms with E-state index >= 15 is 0 Å². The van der Waals surface area contributed by atoms with E-state index in [9.17, 15) is 9.59 Å². The van der Waals surface area contributed by atoms with Crippen LogP contribution < -0.4 is 5.32 Å². The summed E-state index contributed by atoms with van der Waals surface area (Å²) in [4.78, 5) is 32.0. The summed E-state index contributed by atoms with van der Waals surface area (Å²) in [6, 6.07) is 5.52. The van der Waals surface area contributed by atoms with E-state index in [1.54, 1.807) is 10.6 Å². The lowest BCUT2D eigenvalue weighted by molar-refractivity contribution is 0.0684. The van der Waals surface area contributed by atoms with E-state index in [0.29, 0.717) is 29.5 Å². The van der Waals surface area contributed by atoms with E-state index in [1.165, 1.54) is 0 Å². The number of imidazole rings is 1. The average molecular weight is 370 g/mol. The predicted molar refractivity (Wildman–Crippen MR) is 101 cm³/mol. The van der Waals surface area contributed by atoms with Crippen LogP contribution in [0.1, 0.15) is 53.7 Å². The molecule has 2 aliphatic rings. The molecule has 0 aromatic carbocycles. The second kappa shape index (κ2) is 7.68.